The molecule has 14 heteroatoms. The molecule has 2 aromatic rings. The van der Waals surface area contributed by atoms with Gasteiger partial charge in [-0.3, -0.25) is 14.4 Å². The molecule has 0 aliphatic carbocycles. The van der Waals surface area contributed by atoms with Gasteiger partial charge in [-0.25, -0.2) is 9.78 Å². The lowest BCUT2D eigenvalue weighted by Gasteiger charge is -2.38. The maximum atomic E-state index is 12.3. The number of nitrogens with zero attached hydrogens (tertiary/aromatic N) is 3. The number of piperidine rings is 1. The van der Waals surface area contributed by atoms with Crippen LogP contribution in [0.2, 0.25) is 0 Å². The highest BCUT2D eigenvalue weighted by Crippen LogP contribution is 2.35. The van der Waals surface area contributed by atoms with E-state index in [9.17, 15) is 32.3 Å². The molecule has 1 fully saturated rings. The molecule has 38 heavy (non-hydrogen) atoms. The molecular weight excluding hydrogens is 549 g/mol. The molecule has 1 aromatic carbocycles. The van der Waals surface area contributed by atoms with E-state index < -0.39 is 35.8 Å². The fourth-order valence-corrected chi connectivity index (χ4v) is 4.97. The van der Waals surface area contributed by atoms with E-state index >= 15 is 0 Å². The summed E-state index contributed by atoms with van der Waals surface area (Å²) in [5, 5.41) is -0.430. The number of carbonyl (C=O) groups excluding carboxylic acids is 4. The Morgan fingerprint density at radius 2 is 1.92 bits per heavy atom. The van der Waals surface area contributed by atoms with Gasteiger partial charge in [-0.15, -0.1) is 11.3 Å². The summed E-state index contributed by atoms with van der Waals surface area (Å²) in [5.41, 5.74) is 7.28. The molecule has 1 aliphatic heterocycles. The molecule has 1 aromatic heterocycles. The number of alkyl halides is 3. The second-order valence-electron chi connectivity index (χ2n) is 9.23. The number of esters is 1. The van der Waals surface area contributed by atoms with Crippen LogP contribution in [-0.4, -0.2) is 77.8 Å². The van der Waals surface area contributed by atoms with Gasteiger partial charge < -0.3 is 20.3 Å². The minimum atomic E-state index is -4.64. The number of amides is 2. The summed E-state index contributed by atoms with van der Waals surface area (Å²) >= 11 is 6.21. The van der Waals surface area contributed by atoms with Crippen LogP contribution in [0, 0.1) is 5.92 Å². The molecule has 1 saturated heterocycles. The van der Waals surface area contributed by atoms with Gasteiger partial charge in [0.15, 0.2) is 6.61 Å². The number of benzene rings is 1. The van der Waals surface area contributed by atoms with Crippen LogP contribution in [0.1, 0.15) is 42.8 Å². The van der Waals surface area contributed by atoms with Crippen LogP contribution in [0.4, 0.5) is 13.2 Å². The van der Waals surface area contributed by atoms with Gasteiger partial charge in [-0.1, -0.05) is 13.0 Å². The lowest BCUT2D eigenvalue weighted by molar-refractivity contribution is -0.185. The van der Waals surface area contributed by atoms with Crippen molar-refractivity contribution in [3.8, 4) is 0 Å². The Morgan fingerprint density at radius 1 is 1.24 bits per heavy atom. The summed E-state index contributed by atoms with van der Waals surface area (Å²) < 4.78 is 38.3. The molecule has 2 atom stereocenters. The number of aryl methyl sites for hydroxylation is 1. The molecule has 2 amide bonds. The van der Waals surface area contributed by atoms with Gasteiger partial charge in [0.2, 0.25) is 0 Å². The van der Waals surface area contributed by atoms with E-state index in [1.54, 1.807) is 16.2 Å². The number of halogens is 4. The molecule has 2 N–H and O–H groups in total. The Morgan fingerprint density at radius 3 is 2.50 bits per heavy atom. The van der Waals surface area contributed by atoms with Gasteiger partial charge in [0.1, 0.15) is 0 Å². The zero-order valence-electron chi connectivity index (χ0n) is 21.2. The summed E-state index contributed by atoms with van der Waals surface area (Å²) in [6, 6.07) is 6.11. The maximum Gasteiger partial charge on any atom is 0.422 e. The average Bonchev–Trinajstić information content (AvgIpc) is 3.23. The number of fused-ring (bicyclic) bond motifs is 1. The van der Waals surface area contributed by atoms with Crippen LogP contribution < -0.4 is 5.73 Å². The highest BCUT2D eigenvalue weighted by atomic mass is 35.5. The zero-order valence-corrected chi connectivity index (χ0v) is 22.8. The number of ether oxygens (including phenoxy) is 1. The minimum absolute atomic E-state index is 0.107. The molecule has 0 saturated carbocycles. The number of primary amides is 1. The number of hydrogen-bond donors (Lipinski definition) is 1. The molecule has 3 rings (SSSR count). The number of rotatable bonds is 7. The van der Waals surface area contributed by atoms with E-state index in [4.69, 9.17) is 10.7 Å². The topological polar surface area (TPSA) is 123 Å². The second kappa shape index (κ2) is 13.9. The second-order valence-corrected chi connectivity index (χ2v) is 10.7. The highest BCUT2D eigenvalue weighted by Gasteiger charge is 2.33. The number of hydrogen-bond acceptors (Lipinski definition) is 8. The molecule has 0 unspecified atom stereocenters. The summed E-state index contributed by atoms with van der Waals surface area (Å²) in [4.78, 5) is 52.1. The Labute approximate surface area is 227 Å². The Bertz CT molecular complexity index is 1160. The van der Waals surface area contributed by atoms with Gasteiger partial charge >= 0.3 is 29.2 Å². The third-order valence-electron chi connectivity index (χ3n) is 5.65. The Kier molecular flexibility index (Phi) is 11.5. The van der Waals surface area contributed by atoms with Crippen LogP contribution in [0.3, 0.4) is 0 Å². The van der Waals surface area contributed by atoms with Gasteiger partial charge in [0.25, 0.3) is 0 Å². The predicted molar refractivity (Wildman–Crippen MR) is 136 cm³/mol. The first-order chi connectivity index (χ1) is 17.7. The first-order valence-electron chi connectivity index (χ1n) is 11.8. The zero-order chi connectivity index (χ0) is 28.6. The summed E-state index contributed by atoms with van der Waals surface area (Å²) in [6.45, 7) is 1.91. The van der Waals surface area contributed by atoms with E-state index in [1.807, 2.05) is 0 Å². The van der Waals surface area contributed by atoms with Gasteiger partial charge in [-0.05, 0) is 75.1 Å². The normalized spacial score (nSPS) is 17.6. The third kappa shape index (κ3) is 9.84. The molecule has 210 valence electrons. The fraction of sp³-hybridized carbons (Fsp3) is 0.542. The van der Waals surface area contributed by atoms with Crippen molar-refractivity contribution in [2.24, 2.45) is 11.7 Å². The minimum Gasteiger partial charge on any atom is -0.449 e. The number of aromatic nitrogens is 1. The van der Waals surface area contributed by atoms with Crippen molar-refractivity contribution in [1.82, 2.24) is 14.8 Å². The smallest absolute Gasteiger partial charge is 0.422 e. The number of nitrogens with two attached hydrogens (primary N) is 1. The van der Waals surface area contributed by atoms with Crippen LogP contribution in [0.15, 0.2) is 18.2 Å². The first-order valence-corrected chi connectivity index (χ1v) is 12.9. The van der Waals surface area contributed by atoms with Crippen LogP contribution in [0.5, 0.6) is 0 Å². The predicted octanol–water partition coefficient (Wildman–Crippen LogP) is 3.43. The lowest BCUT2D eigenvalue weighted by atomic mass is 9.89. The summed E-state index contributed by atoms with van der Waals surface area (Å²) in [7, 11) is 4.16. The molecule has 0 radical (unpaired) electrons. The molecule has 2 heterocycles. The highest BCUT2D eigenvalue weighted by molar-refractivity contribution is 7.18. The van der Waals surface area contributed by atoms with E-state index in [1.165, 1.54) is 0 Å². The van der Waals surface area contributed by atoms with Gasteiger partial charge in [-0.2, -0.15) is 13.2 Å². The van der Waals surface area contributed by atoms with Gasteiger partial charge in [0, 0.05) is 13.0 Å². The molecule has 9 nitrogen and oxygen atoms in total. The van der Waals surface area contributed by atoms with Crippen molar-refractivity contribution in [3.05, 3.63) is 28.8 Å². The molecule has 0 spiro atoms. The van der Waals surface area contributed by atoms with Crippen LogP contribution in [-0.2, 0) is 30.3 Å². The lowest BCUT2D eigenvalue weighted by Crippen LogP contribution is -2.46. The van der Waals surface area contributed by atoms with Crippen molar-refractivity contribution in [2.45, 2.75) is 44.8 Å². The summed E-state index contributed by atoms with van der Waals surface area (Å²) in [6.07, 6.45) is -0.715. The van der Waals surface area contributed by atoms with Crippen molar-refractivity contribution in [3.63, 3.8) is 0 Å². The van der Waals surface area contributed by atoms with E-state index in [0.717, 1.165) is 53.0 Å². The standard InChI is InChI=1S/C20H28N4O2S.C4H2ClF3O3/c1-13-6-8-16(24(12-13)20(26)19(21)25)14-7-9-17-15(11-14)22-18(27-17)5-4-10-23(2)3;5-2(9)3(10)11-1-4(6,7)8/h7,9,11,13,16H,4-6,8,10,12H2,1-3H3,(H2,21,25);1H2/t13-,16+;/m0./s1. The SMILES string of the molecule is C[C@H]1CC[C@H](c2ccc3sc(CCCN(C)C)nc3c2)N(C(=O)C(N)=O)C1.O=C(Cl)C(=O)OCC(F)(F)F. The third-order valence-corrected chi connectivity index (χ3v) is 6.90. The monoisotopic (exact) mass is 578 g/mol. The average molecular weight is 579 g/mol. The largest absolute Gasteiger partial charge is 0.449 e. The number of thiazole rings is 1. The van der Waals surface area contributed by atoms with Crippen LogP contribution in [0.25, 0.3) is 10.2 Å². The fourth-order valence-electron chi connectivity index (χ4n) is 3.92. The van der Waals surface area contributed by atoms with E-state index in [2.05, 4.69) is 60.5 Å². The Balaban J connectivity index is 0.000000391. The quantitative estimate of drug-likeness (QED) is 0.303. The van der Waals surface area contributed by atoms with Crippen LogP contribution >= 0.6 is 22.9 Å². The molecule has 0 bridgehead atoms. The number of carbonyl (C=O) groups is 4. The van der Waals surface area contributed by atoms with Crippen molar-refractivity contribution in [2.75, 3.05) is 33.8 Å². The van der Waals surface area contributed by atoms with E-state index in [-0.39, 0.29) is 6.04 Å². The van der Waals surface area contributed by atoms with E-state index in [0.29, 0.717) is 12.5 Å². The van der Waals surface area contributed by atoms with Crippen molar-refractivity contribution >= 4 is 56.2 Å². The maximum absolute atomic E-state index is 12.3. The molecule has 1 aliphatic rings. The van der Waals surface area contributed by atoms with Crippen molar-refractivity contribution < 1.29 is 37.1 Å². The summed E-state index contributed by atoms with van der Waals surface area (Å²) in [5.74, 6) is -2.80. The first kappa shape index (κ1) is 31.4. The number of likely N-dealkylation sites (tertiary alicyclic amines) is 1. The Hall–Kier alpha value is -2.77. The van der Waals surface area contributed by atoms with Crippen molar-refractivity contribution in [1.29, 1.82) is 0 Å². The molecular formula is C24H30ClF3N4O5S. The van der Waals surface area contributed by atoms with Gasteiger partial charge in [0.05, 0.1) is 21.3 Å².